The molecule has 4 aliphatic heterocycles. The van der Waals surface area contributed by atoms with Crippen molar-refractivity contribution in [1.29, 1.82) is 0 Å². The van der Waals surface area contributed by atoms with E-state index in [0.29, 0.717) is 23.9 Å². The van der Waals surface area contributed by atoms with E-state index in [1.807, 2.05) is 24.4 Å². The van der Waals surface area contributed by atoms with Gasteiger partial charge in [-0.3, -0.25) is 29.6 Å². The van der Waals surface area contributed by atoms with Crippen LogP contribution in [0, 0.1) is 5.41 Å². The molecule has 5 heterocycles. The maximum atomic E-state index is 12.9. The molecular formula is C26H28N4O4. The molecule has 1 aromatic heterocycles. The molecule has 3 amide bonds. The molecule has 8 heteroatoms. The molecule has 1 aromatic carbocycles. The lowest BCUT2D eigenvalue weighted by Gasteiger charge is -2.52. The van der Waals surface area contributed by atoms with E-state index >= 15 is 0 Å². The van der Waals surface area contributed by atoms with Crippen LogP contribution in [0.5, 0.6) is 0 Å². The molecule has 0 saturated carbocycles. The Hall–Kier alpha value is -3.10. The highest BCUT2D eigenvalue weighted by atomic mass is 16.5. The second-order valence-electron chi connectivity index (χ2n) is 10.1. The van der Waals surface area contributed by atoms with Crippen molar-refractivity contribution in [3.05, 3.63) is 53.2 Å². The van der Waals surface area contributed by atoms with Gasteiger partial charge >= 0.3 is 0 Å². The molecule has 3 saturated heterocycles. The van der Waals surface area contributed by atoms with Gasteiger partial charge in [-0.25, -0.2) is 0 Å². The summed E-state index contributed by atoms with van der Waals surface area (Å²) >= 11 is 0. The van der Waals surface area contributed by atoms with Gasteiger partial charge in [0.25, 0.3) is 5.91 Å². The maximum Gasteiger partial charge on any atom is 0.255 e. The highest BCUT2D eigenvalue weighted by Gasteiger charge is 2.43. The smallest absolute Gasteiger partial charge is 0.255 e. The number of hydrogen-bond donors (Lipinski definition) is 1. The number of fused-ring (bicyclic) bond motifs is 1. The second-order valence-corrected chi connectivity index (χ2v) is 10.1. The number of likely N-dealkylation sites (tertiary alicyclic amines) is 1. The van der Waals surface area contributed by atoms with Crippen molar-refractivity contribution in [2.75, 3.05) is 26.3 Å². The number of amides is 3. The van der Waals surface area contributed by atoms with E-state index in [-0.39, 0.29) is 24.1 Å². The van der Waals surface area contributed by atoms with Crippen molar-refractivity contribution in [3.8, 4) is 11.3 Å². The van der Waals surface area contributed by atoms with Crippen LogP contribution in [0.2, 0.25) is 0 Å². The second kappa shape index (κ2) is 8.29. The van der Waals surface area contributed by atoms with Crippen molar-refractivity contribution >= 4 is 17.7 Å². The minimum Gasteiger partial charge on any atom is -0.381 e. The van der Waals surface area contributed by atoms with Gasteiger partial charge in [0.15, 0.2) is 0 Å². The van der Waals surface area contributed by atoms with Crippen molar-refractivity contribution in [2.24, 2.45) is 5.41 Å². The molecule has 6 rings (SSSR count). The number of nitrogens with one attached hydrogen (secondary N) is 1. The predicted molar refractivity (Wildman–Crippen MR) is 123 cm³/mol. The summed E-state index contributed by atoms with van der Waals surface area (Å²) in [6.07, 6.45) is 4.79. The third kappa shape index (κ3) is 3.80. The van der Waals surface area contributed by atoms with Gasteiger partial charge in [0.05, 0.1) is 5.69 Å². The van der Waals surface area contributed by atoms with E-state index in [4.69, 9.17) is 4.74 Å². The first-order chi connectivity index (χ1) is 16.5. The molecule has 176 valence electrons. The number of hydrogen-bond acceptors (Lipinski definition) is 6. The number of piperidine rings is 1. The minimum absolute atomic E-state index is 0.155. The summed E-state index contributed by atoms with van der Waals surface area (Å²) in [5.74, 6) is -0.821. The molecule has 3 fully saturated rings. The van der Waals surface area contributed by atoms with Crippen LogP contribution in [-0.4, -0.2) is 64.9 Å². The highest BCUT2D eigenvalue weighted by Crippen LogP contribution is 2.40. The third-order valence-electron chi connectivity index (χ3n) is 7.72. The molecule has 34 heavy (non-hydrogen) atoms. The van der Waals surface area contributed by atoms with E-state index in [9.17, 15) is 14.4 Å². The SMILES string of the molecule is O=C1CCC(N2Cc3cc(-c4cc(CN5CC6(CCOCC6)C5)ccn4)ccc3C2=O)C(=O)N1. The fourth-order valence-corrected chi connectivity index (χ4v) is 5.86. The Balaban J connectivity index is 1.16. The Labute approximate surface area is 198 Å². The molecule has 0 radical (unpaired) electrons. The third-order valence-corrected chi connectivity index (χ3v) is 7.72. The molecule has 1 atom stereocenters. The first kappa shape index (κ1) is 21.4. The van der Waals surface area contributed by atoms with Gasteiger partial charge in [-0.1, -0.05) is 6.07 Å². The summed E-state index contributed by atoms with van der Waals surface area (Å²) in [7, 11) is 0. The number of carbonyl (C=O) groups excluding carboxylic acids is 3. The molecular weight excluding hydrogens is 432 g/mol. The summed E-state index contributed by atoms with van der Waals surface area (Å²) in [6.45, 7) is 5.30. The molecule has 8 nitrogen and oxygen atoms in total. The van der Waals surface area contributed by atoms with Crippen LogP contribution >= 0.6 is 0 Å². The first-order valence-corrected chi connectivity index (χ1v) is 12.0. The number of pyridine rings is 1. The van der Waals surface area contributed by atoms with Gasteiger partial charge < -0.3 is 9.64 Å². The number of nitrogens with zero attached hydrogens (tertiary/aromatic N) is 3. The predicted octanol–water partition coefficient (Wildman–Crippen LogP) is 2.12. The Morgan fingerprint density at radius 1 is 1.09 bits per heavy atom. The quantitative estimate of drug-likeness (QED) is 0.703. The number of carbonyl (C=O) groups is 3. The summed E-state index contributed by atoms with van der Waals surface area (Å²) in [6, 6.07) is 9.37. The van der Waals surface area contributed by atoms with Gasteiger partial charge in [0.2, 0.25) is 11.8 Å². The topological polar surface area (TPSA) is 91.8 Å². The van der Waals surface area contributed by atoms with E-state index in [1.165, 1.54) is 5.56 Å². The Morgan fingerprint density at radius 2 is 1.91 bits per heavy atom. The Kier molecular flexibility index (Phi) is 5.22. The van der Waals surface area contributed by atoms with E-state index in [1.54, 1.807) is 4.90 Å². The van der Waals surface area contributed by atoms with Crippen LogP contribution in [0.4, 0.5) is 0 Å². The van der Waals surface area contributed by atoms with Crippen LogP contribution in [0.3, 0.4) is 0 Å². The normalized spacial score (nSPS) is 24.2. The average Bonchev–Trinajstić information content (AvgIpc) is 3.14. The fraction of sp³-hybridized carbons (Fsp3) is 0.462. The molecule has 2 aromatic rings. The number of imide groups is 1. The van der Waals surface area contributed by atoms with E-state index < -0.39 is 6.04 Å². The summed E-state index contributed by atoms with van der Waals surface area (Å²) in [5, 5.41) is 2.35. The van der Waals surface area contributed by atoms with Crippen molar-refractivity contribution in [3.63, 3.8) is 0 Å². The Bertz CT molecular complexity index is 1170. The highest BCUT2D eigenvalue weighted by molar-refractivity contribution is 6.05. The van der Waals surface area contributed by atoms with E-state index in [2.05, 4.69) is 27.3 Å². The maximum absolute atomic E-state index is 12.9. The van der Waals surface area contributed by atoms with E-state index in [0.717, 1.165) is 62.5 Å². The zero-order chi connectivity index (χ0) is 23.3. The van der Waals surface area contributed by atoms with Crippen molar-refractivity contribution < 1.29 is 19.1 Å². The lowest BCUT2D eigenvalue weighted by molar-refractivity contribution is -0.136. The van der Waals surface area contributed by atoms with Crippen LogP contribution in [0.15, 0.2) is 36.5 Å². The van der Waals surface area contributed by atoms with Crippen LogP contribution < -0.4 is 5.32 Å². The number of aromatic nitrogens is 1. The summed E-state index contributed by atoms with van der Waals surface area (Å²) in [4.78, 5) is 45.4. The number of ether oxygens (including phenoxy) is 1. The molecule has 0 aliphatic carbocycles. The molecule has 0 bridgehead atoms. The summed E-state index contributed by atoms with van der Waals surface area (Å²) < 4.78 is 5.52. The molecule has 1 spiro atoms. The lowest BCUT2D eigenvalue weighted by atomic mass is 9.73. The van der Waals surface area contributed by atoms with Gasteiger partial charge in [-0.05, 0) is 54.7 Å². The number of benzene rings is 1. The van der Waals surface area contributed by atoms with Crippen LogP contribution in [0.1, 0.15) is 47.2 Å². The van der Waals surface area contributed by atoms with Gasteiger partial charge in [0.1, 0.15) is 6.04 Å². The van der Waals surface area contributed by atoms with Crippen LogP contribution in [0.25, 0.3) is 11.3 Å². The fourth-order valence-electron chi connectivity index (χ4n) is 5.86. The monoisotopic (exact) mass is 460 g/mol. The van der Waals surface area contributed by atoms with Gasteiger partial charge in [-0.15, -0.1) is 0 Å². The first-order valence-electron chi connectivity index (χ1n) is 12.0. The van der Waals surface area contributed by atoms with Gasteiger partial charge in [0, 0.05) is 68.6 Å². The Morgan fingerprint density at radius 3 is 2.71 bits per heavy atom. The standard InChI is InChI=1S/C26H28N4O4/c31-23-4-3-22(24(32)28-23)30-14-19-12-18(1-2-20(19)25(30)33)21-11-17(5-8-27-21)13-29-15-26(16-29)6-9-34-10-7-26/h1-2,5,8,11-12,22H,3-4,6-7,9-10,13-16H2,(H,28,31,32). The lowest BCUT2D eigenvalue weighted by Crippen LogP contribution is -2.57. The van der Waals surface area contributed by atoms with Crippen LogP contribution in [-0.2, 0) is 27.4 Å². The van der Waals surface area contributed by atoms with Crippen molar-refractivity contribution in [1.82, 2.24) is 20.1 Å². The zero-order valence-corrected chi connectivity index (χ0v) is 19.1. The molecule has 1 N–H and O–H groups in total. The number of rotatable bonds is 4. The largest absolute Gasteiger partial charge is 0.381 e. The average molecular weight is 461 g/mol. The molecule has 1 unspecified atom stereocenters. The minimum atomic E-state index is -0.599. The molecule has 4 aliphatic rings. The van der Waals surface area contributed by atoms with Crippen molar-refractivity contribution in [2.45, 2.75) is 44.8 Å². The zero-order valence-electron chi connectivity index (χ0n) is 19.1. The summed E-state index contributed by atoms with van der Waals surface area (Å²) in [5.41, 5.74) is 5.04. The van der Waals surface area contributed by atoms with Gasteiger partial charge in [-0.2, -0.15) is 0 Å².